The first kappa shape index (κ1) is 29.9. The van der Waals surface area contributed by atoms with E-state index < -0.39 is 14.3 Å². The molecule has 0 radical (unpaired) electrons. The first-order valence-electron chi connectivity index (χ1n) is 14.1. The molecule has 39 heavy (non-hydrogen) atoms. The van der Waals surface area contributed by atoms with E-state index in [0.29, 0.717) is 25.0 Å². The maximum Gasteiger partial charge on any atom is 0.304 e. The van der Waals surface area contributed by atoms with Crippen LogP contribution in [-0.2, 0) is 9.22 Å². The van der Waals surface area contributed by atoms with Gasteiger partial charge in [-0.25, -0.2) is 4.68 Å². The number of carboxylic acid groups (broad SMARTS) is 1. The number of carboxylic acids is 1. The van der Waals surface area contributed by atoms with Crippen LogP contribution in [0.1, 0.15) is 84.4 Å². The van der Waals surface area contributed by atoms with E-state index in [1.807, 2.05) is 16.8 Å². The molecule has 1 aromatic heterocycles. The fraction of sp³-hybridized carbons (Fsp3) is 0.516. The van der Waals surface area contributed by atoms with Gasteiger partial charge in [0.15, 0.2) is 0 Å². The Morgan fingerprint density at radius 2 is 1.64 bits per heavy atom. The lowest BCUT2D eigenvalue weighted by atomic mass is 9.76. The van der Waals surface area contributed by atoms with Crippen LogP contribution >= 0.6 is 22.6 Å². The minimum Gasteiger partial charge on any atom is -0.481 e. The molecule has 1 aliphatic carbocycles. The molecule has 4 rings (SSSR count). The van der Waals surface area contributed by atoms with E-state index in [-0.39, 0.29) is 17.4 Å². The highest BCUT2D eigenvalue weighted by molar-refractivity contribution is 14.1. The standard InChI is InChI=1S/C31H42IN3O3Si/c1-22(2)18-23-19-25(20-23)35-30(32)29(33-34-35)24(21-28(36)37)16-17-38-39(31(3,4)5,26-12-8-6-9-13-26)27-14-10-7-11-15-27/h6-15,22-25H,16-21H2,1-5H3,(H,36,37). The number of benzene rings is 2. The smallest absolute Gasteiger partial charge is 0.304 e. The van der Waals surface area contributed by atoms with Crippen molar-refractivity contribution in [1.29, 1.82) is 0 Å². The van der Waals surface area contributed by atoms with Gasteiger partial charge in [-0.15, -0.1) is 5.10 Å². The predicted octanol–water partition coefficient (Wildman–Crippen LogP) is 6.40. The van der Waals surface area contributed by atoms with Crippen LogP contribution in [0.4, 0.5) is 0 Å². The van der Waals surface area contributed by atoms with Gasteiger partial charge in [-0.1, -0.05) is 100 Å². The Bertz CT molecular complexity index is 1180. The molecule has 1 heterocycles. The van der Waals surface area contributed by atoms with E-state index in [9.17, 15) is 9.90 Å². The van der Waals surface area contributed by atoms with Gasteiger partial charge in [0.2, 0.25) is 0 Å². The molecular weight excluding hydrogens is 617 g/mol. The summed E-state index contributed by atoms with van der Waals surface area (Å²) in [5, 5.41) is 21.1. The molecule has 1 N–H and O–H groups in total. The molecule has 1 unspecified atom stereocenters. The summed E-state index contributed by atoms with van der Waals surface area (Å²) in [5.41, 5.74) is 0.788. The highest BCUT2D eigenvalue weighted by atomic mass is 127. The summed E-state index contributed by atoms with van der Waals surface area (Å²) >= 11 is 2.32. The van der Waals surface area contributed by atoms with E-state index >= 15 is 0 Å². The summed E-state index contributed by atoms with van der Waals surface area (Å²) in [7, 11) is -2.69. The molecule has 6 nitrogen and oxygen atoms in total. The third-order valence-electron chi connectivity index (χ3n) is 8.03. The number of rotatable bonds is 12. The van der Waals surface area contributed by atoms with Crippen LogP contribution in [0.5, 0.6) is 0 Å². The molecule has 8 heteroatoms. The lowest BCUT2D eigenvalue weighted by Crippen LogP contribution is -2.66. The van der Waals surface area contributed by atoms with Crippen molar-refractivity contribution in [3.8, 4) is 0 Å². The summed E-state index contributed by atoms with van der Waals surface area (Å²) < 4.78 is 10.1. The van der Waals surface area contributed by atoms with Crippen LogP contribution in [0.2, 0.25) is 5.04 Å². The van der Waals surface area contributed by atoms with Gasteiger partial charge in [0.25, 0.3) is 8.32 Å². The zero-order valence-corrected chi connectivity index (χ0v) is 27.0. The molecule has 2 aromatic carbocycles. The Balaban J connectivity index is 1.57. The Hall–Kier alpha value is -2.04. The van der Waals surface area contributed by atoms with Crippen molar-refractivity contribution in [2.75, 3.05) is 6.61 Å². The average molecular weight is 660 g/mol. The quantitative estimate of drug-likeness (QED) is 0.180. The maximum absolute atomic E-state index is 11.9. The van der Waals surface area contributed by atoms with Crippen molar-refractivity contribution in [1.82, 2.24) is 15.0 Å². The molecule has 0 amide bonds. The van der Waals surface area contributed by atoms with Crippen molar-refractivity contribution >= 4 is 47.3 Å². The fourth-order valence-electron chi connectivity index (χ4n) is 6.20. The highest BCUT2D eigenvalue weighted by Gasteiger charge is 2.50. The van der Waals surface area contributed by atoms with Crippen LogP contribution in [0.15, 0.2) is 60.7 Å². The second kappa shape index (κ2) is 12.6. The largest absolute Gasteiger partial charge is 0.481 e. The van der Waals surface area contributed by atoms with Crippen molar-refractivity contribution in [3.05, 3.63) is 70.1 Å². The number of nitrogens with zero attached hydrogens (tertiary/aromatic N) is 3. The number of carbonyl (C=O) groups is 1. The van der Waals surface area contributed by atoms with Crippen molar-refractivity contribution in [2.24, 2.45) is 11.8 Å². The predicted molar refractivity (Wildman–Crippen MR) is 167 cm³/mol. The second-order valence-electron chi connectivity index (χ2n) is 12.4. The molecule has 210 valence electrons. The van der Waals surface area contributed by atoms with E-state index in [1.54, 1.807) is 0 Å². The number of halogens is 1. The Labute approximate surface area is 247 Å². The van der Waals surface area contributed by atoms with E-state index in [4.69, 9.17) is 4.43 Å². The summed E-state index contributed by atoms with van der Waals surface area (Å²) in [6.07, 6.45) is 4.08. The van der Waals surface area contributed by atoms with Gasteiger partial charge in [0.05, 0.1) is 18.2 Å². The van der Waals surface area contributed by atoms with Crippen LogP contribution in [0, 0.1) is 15.5 Å². The summed E-state index contributed by atoms with van der Waals surface area (Å²) in [6, 6.07) is 21.5. The topological polar surface area (TPSA) is 77.2 Å². The summed E-state index contributed by atoms with van der Waals surface area (Å²) in [4.78, 5) is 11.9. The number of hydrogen-bond donors (Lipinski definition) is 1. The zero-order chi connectivity index (χ0) is 28.2. The average Bonchev–Trinajstić information content (AvgIpc) is 3.23. The first-order valence-corrected chi connectivity index (χ1v) is 17.1. The third-order valence-corrected chi connectivity index (χ3v) is 14.1. The Kier molecular flexibility index (Phi) is 9.70. The van der Waals surface area contributed by atoms with Gasteiger partial charge in [-0.3, -0.25) is 4.79 Å². The normalized spacial score (nSPS) is 18.6. The van der Waals surface area contributed by atoms with E-state index in [0.717, 1.165) is 28.2 Å². The SMILES string of the molecule is CC(C)CC1CC(n2nnc(C(CCO[Si](c3ccccc3)(c3ccccc3)C(C)(C)C)CC(=O)O)c2I)C1. The molecule has 3 aromatic rings. The molecule has 0 saturated heterocycles. The molecule has 1 fully saturated rings. The Morgan fingerprint density at radius 3 is 2.13 bits per heavy atom. The van der Waals surface area contributed by atoms with Gasteiger partial charge in [-0.05, 0) is 75.5 Å². The van der Waals surface area contributed by atoms with Crippen molar-refractivity contribution in [3.63, 3.8) is 0 Å². The molecule has 0 bridgehead atoms. The van der Waals surface area contributed by atoms with Crippen LogP contribution in [-0.4, -0.2) is 41.0 Å². The van der Waals surface area contributed by atoms with Crippen LogP contribution in [0.3, 0.4) is 0 Å². The van der Waals surface area contributed by atoms with E-state index in [2.05, 4.69) is 116 Å². The maximum atomic E-state index is 11.9. The molecular formula is C31H42IN3O3Si. The Morgan fingerprint density at radius 1 is 1.08 bits per heavy atom. The van der Waals surface area contributed by atoms with E-state index in [1.165, 1.54) is 16.8 Å². The summed E-state index contributed by atoms with van der Waals surface area (Å²) in [5.74, 6) is 0.370. The van der Waals surface area contributed by atoms with Gasteiger partial charge in [0, 0.05) is 12.5 Å². The second-order valence-corrected chi connectivity index (χ2v) is 17.8. The summed E-state index contributed by atoms with van der Waals surface area (Å²) in [6.45, 7) is 11.8. The number of aliphatic carboxylic acids is 1. The molecule has 1 aliphatic rings. The minimum absolute atomic E-state index is 0.0133. The van der Waals surface area contributed by atoms with Gasteiger partial charge in [0.1, 0.15) is 3.70 Å². The van der Waals surface area contributed by atoms with Gasteiger partial charge in [-0.2, -0.15) is 0 Å². The van der Waals surface area contributed by atoms with Crippen molar-refractivity contribution < 1.29 is 14.3 Å². The van der Waals surface area contributed by atoms with Gasteiger partial charge < -0.3 is 9.53 Å². The van der Waals surface area contributed by atoms with Crippen LogP contribution < -0.4 is 10.4 Å². The first-order chi connectivity index (χ1) is 18.5. The van der Waals surface area contributed by atoms with Gasteiger partial charge >= 0.3 is 5.97 Å². The lowest BCUT2D eigenvalue weighted by molar-refractivity contribution is -0.137. The molecule has 0 aliphatic heterocycles. The highest BCUT2D eigenvalue weighted by Crippen LogP contribution is 2.43. The monoisotopic (exact) mass is 659 g/mol. The van der Waals surface area contributed by atoms with Crippen LogP contribution in [0.25, 0.3) is 0 Å². The molecule has 1 atom stereocenters. The lowest BCUT2D eigenvalue weighted by Gasteiger charge is -2.43. The minimum atomic E-state index is -2.69. The molecule has 1 saturated carbocycles. The third kappa shape index (κ3) is 6.65. The number of aromatic nitrogens is 3. The zero-order valence-electron chi connectivity index (χ0n) is 23.8. The van der Waals surface area contributed by atoms with Crippen molar-refractivity contribution in [2.45, 2.75) is 83.7 Å². The molecule has 0 spiro atoms. The fourth-order valence-corrected chi connectivity index (χ4v) is 11.8. The number of hydrogen-bond acceptors (Lipinski definition) is 4.